The maximum Gasteiger partial charge on any atom is 0.223 e. The van der Waals surface area contributed by atoms with E-state index in [1.807, 2.05) is 0 Å². The third-order valence-electron chi connectivity index (χ3n) is 5.59. The Morgan fingerprint density at radius 2 is 1.86 bits per heavy atom. The lowest BCUT2D eigenvalue weighted by atomic mass is 9.95. The number of nitrogens with one attached hydrogen (secondary N) is 1. The van der Waals surface area contributed by atoms with Crippen LogP contribution in [0.1, 0.15) is 57.9 Å². The van der Waals surface area contributed by atoms with Gasteiger partial charge in [-0.2, -0.15) is 0 Å². The van der Waals surface area contributed by atoms with Gasteiger partial charge in [-0.15, -0.1) is 0 Å². The van der Waals surface area contributed by atoms with Gasteiger partial charge in [0.2, 0.25) is 15.9 Å². The van der Waals surface area contributed by atoms with E-state index >= 15 is 0 Å². The number of piperidine rings is 1. The Kier molecular flexibility index (Phi) is 8.89. The van der Waals surface area contributed by atoms with Crippen molar-refractivity contribution in [2.24, 2.45) is 11.8 Å². The summed E-state index contributed by atoms with van der Waals surface area (Å²) in [6, 6.07) is 5.53. The molecule has 1 aliphatic heterocycles. The minimum absolute atomic E-state index is 0.0468. The van der Waals surface area contributed by atoms with E-state index in [2.05, 4.69) is 19.2 Å². The van der Waals surface area contributed by atoms with Gasteiger partial charge in [-0.1, -0.05) is 45.2 Å². The summed E-state index contributed by atoms with van der Waals surface area (Å²) in [5.41, 5.74) is 0.568. The van der Waals surface area contributed by atoms with E-state index in [0.29, 0.717) is 44.0 Å². The van der Waals surface area contributed by atoms with E-state index in [1.54, 1.807) is 0 Å². The second-order valence-electron chi connectivity index (χ2n) is 7.72. The molecule has 1 fully saturated rings. The van der Waals surface area contributed by atoms with Crippen LogP contribution in [0.15, 0.2) is 24.3 Å². The Bertz CT molecular complexity index is 714. The second-order valence-corrected chi connectivity index (χ2v) is 9.69. The number of unbranched alkanes of at least 4 members (excludes halogenated alkanes) is 1. The number of benzene rings is 1. The first-order valence-electron chi connectivity index (χ1n) is 10.4. The van der Waals surface area contributed by atoms with Crippen LogP contribution in [0.4, 0.5) is 4.39 Å². The molecule has 1 aromatic rings. The highest BCUT2D eigenvalue weighted by molar-refractivity contribution is 7.88. The number of rotatable bonds is 10. The minimum Gasteiger partial charge on any atom is -0.356 e. The van der Waals surface area contributed by atoms with Crippen molar-refractivity contribution < 1.29 is 17.6 Å². The molecule has 28 heavy (non-hydrogen) atoms. The van der Waals surface area contributed by atoms with Crippen LogP contribution in [0.2, 0.25) is 0 Å². The van der Waals surface area contributed by atoms with Gasteiger partial charge in [0.25, 0.3) is 0 Å². The van der Waals surface area contributed by atoms with Crippen LogP contribution in [0.25, 0.3) is 0 Å². The fourth-order valence-corrected chi connectivity index (χ4v) is 5.17. The second kappa shape index (κ2) is 10.9. The zero-order valence-corrected chi connectivity index (χ0v) is 17.8. The smallest absolute Gasteiger partial charge is 0.223 e. The summed E-state index contributed by atoms with van der Waals surface area (Å²) in [5.74, 6) is -0.0840. The normalized spacial score (nSPS) is 17.4. The summed E-state index contributed by atoms with van der Waals surface area (Å²) in [6.45, 7) is 5.74. The lowest BCUT2D eigenvalue weighted by Crippen LogP contribution is -2.44. The molecule has 1 amide bonds. The van der Waals surface area contributed by atoms with Crippen LogP contribution in [-0.2, 0) is 20.6 Å². The molecular formula is C21H33FN2O3S. The van der Waals surface area contributed by atoms with Crippen LogP contribution >= 0.6 is 0 Å². The van der Waals surface area contributed by atoms with Crippen molar-refractivity contribution >= 4 is 15.9 Å². The first-order chi connectivity index (χ1) is 13.4. The van der Waals surface area contributed by atoms with Crippen molar-refractivity contribution in [2.75, 3.05) is 19.6 Å². The maximum absolute atomic E-state index is 13.0. The SMILES string of the molecule is CCCC[C@H](CC)CNC(=O)C1CCN(S(=O)(=O)Cc2ccc(F)cc2)CC1. The molecule has 0 bridgehead atoms. The van der Waals surface area contributed by atoms with Crippen molar-refractivity contribution in [1.82, 2.24) is 9.62 Å². The molecule has 0 saturated carbocycles. The van der Waals surface area contributed by atoms with E-state index in [1.165, 1.54) is 35.0 Å². The molecule has 1 aliphatic rings. The highest BCUT2D eigenvalue weighted by Crippen LogP contribution is 2.22. The first kappa shape index (κ1) is 22.8. The fourth-order valence-electron chi connectivity index (χ4n) is 3.61. The van der Waals surface area contributed by atoms with E-state index in [0.717, 1.165) is 19.3 Å². The molecular weight excluding hydrogens is 379 g/mol. The quantitative estimate of drug-likeness (QED) is 0.637. The number of nitrogens with zero attached hydrogens (tertiary/aromatic N) is 1. The summed E-state index contributed by atoms with van der Waals surface area (Å²) in [4.78, 5) is 12.5. The number of hydrogen-bond acceptors (Lipinski definition) is 3. The van der Waals surface area contributed by atoms with Crippen molar-refractivity contribution in [3.63, 3.8) is 0 Å². The molecule has 0 radical (unpaired) electrons. The summed E-state index contributed by atoms with van der Waals surface area (Å²) in [7, 11) is -3.46. The van der Waals surface area contributed by atoms with Crippen molar-refractivity contribution in [3.05, 3.63) is 35.6 Å². The van der Waals surface area contributed by atoms with E-state index in [4.69, 9.17) is 0 Å². The summed E-state index contributed by atoms with van der Waals surface area (Å²) in [5, 5.41) is 3.07. The summed E-state index contributed by atoms with van der Waals surface area (Å²) in [6.07, 6.45) is 5.61. The summed E-state index contributed by atoms with van der Waals surface area (Å²) < 4.78 is 39.7. The minimum atomic E-state index is -3.46. The van der Waals surface area contributed by atoms with Gasteiger partial charge in [0.05, 0.1) is 5.75 Å². The third-order valence-corrected chi connectivity index (χ3v) is 7.44. The Labute approximate surface area is 168 Å². The van der Waals surface area contributed by atoms with Crippen molar-refractivity contribution in [3.8, 4) is 0 Å². The lowest BCUT2D eigenvalue weighted by molar-refractivity contribution is -0.126. The Balaban J connectivity index is 1.80. The molecule has 7 heteroatoms. The van der Waals surface area contributed by atoms with Gasteiger partial charge in [0, 0.05) is 25.6 Å². The Morgan fingerprint density at radius 1 is 1.21 bits per heavy atom. The highest BCUT2D eigenvalue weighted by Gasteiger charge is 2.31. The molecule has 0 unspecified atom stereocenters. The van der Waals surface area contributed by atoms with Gasteiger partial charge < -0.3 is 5.32 Å². The molecule has 2 rings (SSSR count). The van der Waals surface area contributed by atoms with Gasteiger partial charge in [-0.3, -0.25) is 4.79 Å². The molecule has 1 heterocycles. The standard InChI is InChI=1S/C21H33FN2O3S/c1-3-5-6-17(4-2)15-23-21(25)19-11-13-24(14-12-19)28(26,27)16-18-7-9-20(22)10-8-18/h7-10,17,19H,3-6,11-16H2,1-2H3,(H,23,25)/t17-/m0/s1. The number of carbonyl (C=O) groups excluding carboxylic acids is 1. The number of halogens is 1. The van der Waals surface area contributed by atoms with Crippen LogP contribution < -0.4 is 5.32 Å². The predicted octanol–water partition coefficient (Wildman–Crippen LogP) is 3.70. The zero-order chi connectivity index (χ0) is 20.6. The number of amides is 1. The number of carbonyl (C=O) groups is 1. The molecule has 1 aromatic carbocycles. The predicted molar refractivity (Wildman–Crippen MR) is 110 cm³/mol. The van der Waals surface area contributed by atoms with Gasteiger partial charge in [-0.25, -0.2) is 17.1 Å². The summed E-state index contributed by atoms with van der Waals surface area (Å²) >= 11 is 0. The van der Waals surface area contributed by atoms with Crippen LogP contribution in [0.5, 0.6) is 0 Å². The molecule has 1 saturated heterocycles. The Morgan fingerprint density at radius 3 is 2.43 bits per heavy atom. The lowest BCUT2D eigenvalue weighted by Gasteiger charge is -2.31. The van der Waals surface area contributed by atoms with Crippen molar-refractivity contribution in [1.29, 1.82) is 0 Å². The van der Waals surface area contributed by atoms with Crippen LogP contribution in [0.3, 0.4) is 0 Å². The average molecular weight is 413 g/mol. The molecule has 0 aromatic heterocycles. The fraction of sp³-hybridized carbons (Fsp3) is 0.667. The van der Waals surface area contributed by atoms with Gasteiger partial charge in [0.1, 0.15) is 5.82 Å². The third kappa shape index (κ3) is 6.85. The molecule has 158 valence electrons. The first-order valence-corrected chi connectivity index (χ1v) is 12.0. The van der Waals surface area contributed by atoms with Gasteiger partial charge in [0.15, 0.2) is 0 Å². The van der Waals surface area contributed by atoms with E-state index < -0.39 is 10.0 Å². The highest BCUT2D eigenvalue weighted by atomic mass is 32.2. The molecule has 1 N–H and O–H groups in total. The monoisotopic (exact) mass is 412 g/mol. The molecule has 5 nitrogen and oxygen atoms in total. The molecule has 1 atom stereocenters. The Hall–Kier alpha value is -1.47. The van der Waals surface area contributed by atoms with Gasteiger partial charge in [-0.05, 0) is 42.9 Å². The molecule has 0 aliphatic carbocycles. The average Bonchev–Trinajstić information content (AvgIpc) is 2.69. The van der Waals surface area contributed by atoms with E-state index in [-0.39, 0.29) is 23.4 Å². The van der Waals surface area contributed by atoms with Gasteiger partial charge >= 0.3 is 0 Å². The van der Waals surface area contributed by atoms with Crippen LogP contribution in [-0.4, -0.2) is 38.3 Å². The maximum atomic E-state index is 13.0. The topological polar surface area (TPSA) is 66.5 Å². The largest absolute Gasteiger partial charge is 0.356 e. The zero-order valence-electron chi connectivity index (χ0n) is 17.0. The molecule has 0 spiro atoms. The number of sulfonamides is 1. The van der Waals surface area contributed by atoms with Crippen LogP contribution in [0, 0.1) is 17.7 Å². The van der Waals surface area contributed by atoms with E-state index in [9.17, 15) is 17.6 Å². The number of hydrogen-bond donors (Lipinski definition) is 1. The van der Waals surface area contributed by atoms with Crippen molar-refractivity contribution in [2.45, 2.75) is 58.1 Å².